The standard InChI is InChI=1S/C21H20N6O/c1-15-18(16(2)27(25-15)17-8-4-3-5-9-17)12-21(28)24-19-10-6-7-11-20(19)26-14-22-13-23-26/h3-11,13-14H,12H2,1-2H3,(H,24,28). The lowest BCUT2D eigenvalue weighted by molar-refractivity contribution is -0.115. The fourth-order valence-corrected chi connectivity index (χ4v) is 3.22. The number of aryl methyl sites for hydroxylation is 1. The lowest BCUT2D eigenvalue weighted by Gasteiger charge is -2.11. The zero-order valence-corrected chi connectivity index (χ0v) is 15.7. The zero-order chi connectivity index (χ0) is 19.5. The zero-order valence-electron chi connectivity index (χ0n) is 15.7. The van der Waals surface area contributed by atoms with Crippen LogP contribution in [0.4, 0.5) is 5.69 Å². The Morgan fingerprint density at radius 3 is 2.54 bits per heavy atom. The first-order valence-corrected chi connectivity index (χ1v) is 8.98. The van der Waals surface area contributed by atoms with Crippen LogP contribution in [-0.2, 0) is 11.2 Å². The summed E-state index contributed by atoms with van der Waals surface area (Å²) in [4.78, 5) is 16.7. The molecule has 0 unspecified atom stereocenters. The van der Waals surface area contributed by atoms with E-state index in [4.69, 9.17) is 0 Å². The number of hydrogen-bond donors (Lipinski definition) is 1. The Labute approximate surface area is 162 Å². The van der Waals surface area contributed by atoms with Crippen LogP contribution in [-0.4, -0.2) is 30.5 Å². The highest BCUT2D eigenvalue weighted by Crippen LogP contribution is 2.21. The Kier molecular flexibility index (Phi) is 4.72. The van der Waals surface area contributed by atoms with E-state index in [1.165, 1.54) is 6.33 Å². The van der Waals surface area contributed by atoms with Crippen LogP contribution in [0.3, 0.4) is 0 Å². The number of rotatable bonds is 5. The summed E-state index contributed by atoms with van der Waals surface area (Å²) in [6.45, 7) is 3.91. The van der Waals surface area contributed by atoms with Crippen molar-refractivity contribution in [1.29, 1.82) is 0 Å². The van der Waals surface area contributed by atoms with Crippen LogP contribution in [0.15, 0.2) is 67.3 Å². The van der Waals surface area contributed by atoms with Crippen LogP contribution in [0.25, 0.3) is 11.4 Å². The molecule has 7 heteroatoms. The highest BCUT2D eigenvalue weighted by Gasteiger charge is 2.17. The maximum atomic E-state index is 12.8. The number of nitrogens with one attached hydrogen (secondary N) is 1. The number of hydrogen-bond acceptors (Lipinski definition) is 4. The van der Waals surface area contributed by atoms with Gasteiger partial charge in [-0.05, 0) is 38.1 Å². The van der Waals surface area contributed by atoms with Crippen LogP contribution in [0, 0.1) is 13.8 Å². The van der Waals surface area contributed by atoms with Gasteiger partial charge in [0.2, 0.25) is 5.91 Å². The molecule has 0 aliphatic carbocycles. The molecule has 0 radical (unpaired) electrons. The average molecular weight is 372 g/mol. The molecule has 2 aromatic heterocycles. The average Bonchev–Trinajstić information content (AvgIpc) is 3.33. The van der Waals surface area contributed by atoms with Gasteiger partial charge in [-0.1, -0.05) is 30.3 Å². The molecule has 0 bridgehead atoms. The lowest BCUT2D eigenvalue weighted by Crippen LogP contribution is -2.17. The third-order valence-electron chi connectivity index (χ3n) is 4.62. The number of carbonyl (C=O) groups excluding carboxylic acids is 1. The largest absolute Gasteiger partial charge is 0.324 e. The van der Waals surface area contributed by atoms with E-state index in [0.717, 1.165) is 28.3 Å². The summed E-state index contributed by atoms with van der Waals surface area (Å²) in [6.07, 6.45) is 3.31. The molecule has 4 rings (SSSR count). The number of anilines is 1. The van der Waals surface area contributed by atoms with Gasteiger partial charge < -0.3 is 5.32 Å². The van der Waals surface area contributed by atoms with Gasteiger partial charge in [0.25, 0.3) is 0 Å². The van der Waals surface area contributed by atoms with Crippen molar-refractivity contribution in [3.63, 3.8) is 0 Å². The lowest BCUT2D eigenvalue weighted by atomic mass is 10.1. The summed E-state index contributed by atoms with van der Waals surface area (Å²) in [6, 6.07) is 17.4. The second-order valence-electron chi connectivity index (χ2n) is 6.48. The minimum atomic E-state index is -0.105. The Balaban J connectivity index is 1.57. The van der Waals surface area contributed by atoms with Gasteiger partial charge in [-0.15, -0.1) is 0 Å². The molecule has 0 fully saturated rings. The van der Waals surface area contributed by atoms with Gasteiger partial charge >= 0.3 is 0 Å². The van der Waals surface area contributed by atoms with E-state index < -0.39 is 0 Å². The third-order valence-corrected chi connectivity index (χ3v) is 4.62. The SMILES string of the molecule is Cc1nn(-c2ccccc2)c(C)c1CC(=O)Nc1ccccc1-n1cncn1. The van der Waals surface area contributed by atoms with Gasteiger partial charge in [-0.2, -0.15) is 10.2 Å². The van der Waals surface area contributed by atoms with E-state index in [1.54, 1.807) is 11.0 Å². The van der Waals surface area contributed by atoms with Crippen molar-refractivity contribution in [3.05, 3.63) is 84.2 Å². The van der Waals surface area contributed by atoms with E-state index in [0.29, 0.717) is 5.69 Å². The number of benzene rings is 2. The van der Waals surface area contributed by atoms with Crippen molar-refractivity contribution in [1.82, 2.24) is 24.5 Å². The van der Waals surface area contributed by atoms with Crippen molar-refractivity contribution in [2.75, 3.05) is 5.32 Å². The number of nitrogens with zero attached hydrogens (tertiary/aromatic N) is 5. The van der Waals surface area contributed by atoms with Gasteiger partial charge in [0.1, 0.15) is 12.7 Å². The molecule has 28 heavy (non-hydrogen) atoms. The quantitative estimate of drug-likeness (QED) is 0.583. The molecular weight excluding hydrogens is 352 g/mol. The molecule has 0 aliphatic rings. The molecule has 0 spiro atoms. The Morgan fingerprint density at radius 1 is 1.04 bits per heavy atom. The molecule has 1 N–H and O–H groups in total. The van der Waals surface area contributed by atoms with Crippen molar-refractivity contribution >= 4 is 11.6 Å². The Hall–Kier alpha value is -3.74. The minimum Gasteiger partial charge on any atom is -0.324 e. The predicted octanol–water partition coefficient (Wildman–Crippen LogP) is 3.25. The fourth-order valence-electron chi connectivity index (χ4n) is 3.22. The highest BCUT2D eigenvalue weighted by molar-refractivity contribution is 5.94. The van der Waals surface area contributed by atoms with Crippen LogP contribution in [0.2, 0.25) is 0 Å². The maximum Gasteiger partial charge on any atom is 0.228 e. The van der Waals surface area contributed by atoms with Crippen molar-refractivity contribution in [2.24, 2.45) is 0 Å². The smallest absolute Gasteiger partial charge is 0.228 e. The molecule has 0 atom stereocenters. The van der Waals surface area contributed by atoms with Gasteiger partial charge in [0, 0.05) is 11.3 Å². The molecule has 0 saturated carbocycles. The molecule has 4 aromatic rings. The topological polar surface area (TPSA) is 77.6 Å². The van der Waals surface area contributed by atoms with E-state index in [-0.39, 0.29) is 12.3 Å². The van der Waals surface area contributed by atoms with Crippen molar-refractivity contribution in [3.8, 4) is 11.4 Å². The van der Waals surface area contributed by atoms with E-state index in [2.05, 4.69) is 20.5 Å². The van der Waals surface area contributed by atoms with Gasteiger partial charge in [0.15, 0.2) is 0 Å². The Morgan fingerprint density at radius 2 is 1.79 bits per heavy atom. The summed E-state index contributed by atoms with van der Waals surface area (Å²) in [5, 5.41) is 11.7. The molecule has 0 saturated heterocycles. The summed E-state index contributed by atoms with van der Waals surface area (Å²) in [5.41, 5.74) is 5.17. The first-order valence-electron chi connectivity index (χ1n) is 8.98. The van der Waals surface area contributed by atoms with E-state index >= 15 is 0 Å². The summed E-state index contributed by atoms with van der Waals surface area (Å²) < 4.78 is 3.50. The van der Waals surface area contributed by atoms with Gasteiger partial charge in [-0.3, -0.25) is 4.79 Å². The highest BCUT2D eigenvalue weighted by atomic mass is 16.1. The monoisotopic (exact) mass is 372 g/mol. The number of amides is 1. The molecule has 0 aliphatic heterocycles. The second-order valence-corrected chi connectivity index (χ2v) is 6.48. The molecule has 2 heterocycles. The van der Waals surface area contributed by atoms with Gasteiger partial charge in [0.05, 0.1) is 29.2 Å². The van der Waals surface area contributed by atoms with Gasteiger partial charge in [-0.25, -0.2) is 14.3 Å². The summed E-state index contributed by atoms with van der Waals surface area (Å²) >= 11 is 0. The van der Waals surface area contributed by atoms with Crippen LogP contribution < -0.4 is 5.32 Å². The molecular formula is C21H20N6O. The summed E-state index contributed by atoms with van der Waals surface area (Å²) in [5.74, 6) is -0.105. The van der Waals surface area contributed by atoms with Crippen molar-refractivity contribution in [2.45, 2.75) is 20.3 Å². The molecule has 140 valence electrons. The molecule has 1 amide bonds. The van der Waals surface area contributed by atoms with Crippen molar-refractivity contribution < 1.29 is 4.79 Å². The first kappa shape index (κ1) is 17.7. The summed E-state index contributed by atoms with van der Waals surface area (Å²) in [7, 11) is 0. The second kappa shape index (κ2) is 7.48. The predicted molar refractivity (Wildman–Crippen MR) is 107 cm³/mol. The maximum absolute atomic E-state index is 12.8. The van der Waals surface area contributed by atoms with Crippen LogP contribution in [0.5, 0.6) is 0 Å². The van der Waals surface area contributed by atoms with Crippen LogP contribution >= 0.6 is 0 Å². The Bertz CT molecular complexity index is 1100. The minimum absolute atomic E-state index is 0.105. The number of aromatic nitrogens is 5. The first-order chi connectivity index (χ1) is 13.6. The number of carbonyl (C=O) groups is 1. The fraction of sp³-hybridized carbons (Fsp3) is 0.143. The molecule has 2 aromatic carbocycles. The normalized spacial score (nSPS) is 10.8. The molecule has 7 nitrogen and oxygen atoms in total. The van der Waals surface area contributed by atoms with E-state index in [9.17, 15) is 4.79 Å². The van der Waals surface area contributed by atoms with E-state index in [1.807, 2.05) is 73.1 Å². The number of para-hydroxylation sites is 3. The van der Waals surface area contributed by atoms with Crippen LogP contribution in [0.1, 0.15) is 17.0 Å². The third kappa shape index (κ3) is 3.42.